The maximum atomic E-state index is 13.2. The van der Waals surface area contributed by atoms with Crippen molar-refractivity contribution < 1.29 is 23.5 Å². The Hall–Kier alpha value is -3.35. The van der Waals surface area contributed by atoms with E-state index < -0.39 is 17.6 Å². The smallest absolute Gasteiger partial charge is 0.277 e. The summed E-state index contributed by atoms with van der Waals surface area (Å²) in [5.74, 6) is -0.328. The van der Waals surface area contributed by atoms with Gasteiger partial charge in [0.1, 0.15) is 11.5 Å². The van der Waals surface area contributed by atoms with E-state index in [9.17, 15) is 14.0 Å². The Morgan fingerprint density at radius 2 is 1.58 bits per heavy atom. The van der Waals surface area contributed by atoms with Crippen molar-refractivity contribution in [3.63, 3.8) is 0 Å². The molecule has 1 aliphatic heterocycles. The molecular formula is C19H17FN2O4. The number of benzene rings is 2. The first kappa shape index (κ1) is 17.5. The summed E-state index contributed by atoms with van der Waals surface area (Å²) in [7, 11) is 4.43. The van der Waals surface area contributed by atoms with Gasteiger partial charge in [0.25, 0.3) is 11.8 Å². The second-order valence-electron chi connectivity index (χ2n) is 5.62. The quantitative estimate of drug-likeness (QED) is 0.835. The third kappa shape index (κ3) is 2.99. The Labute approximate surface area is 149 Å². The molecule has 2 aromatic rings. The van der Waals surface area contributed by atoms with E-state index >= 15 is 0 Å². The lowest BCUT2D eigenvalue weighted by atomic mass is 10.0. The normalized spacial score (nSPS) is 14.1. The second kappa shape index (κ2) is 6.87. The number of hydrogen-bond donors (Lipinski definition) is 1. The van der Waals surface area contributed by atoms with Gasteiger partial charge in [-0.25, -0.2) is 4.39 Å². The predicted molar refractivity (Wildman–Crippen MR) is 94.3 cm³/mol. The van der Waals surface area contributed by atoms with Gasteiger partial charge in [0.05, 0.1) is 19.8 Å². The number of rotatable bonds is 5. The standard InChI is InChI=1S/C19H17FN2O4/c1-22-18(23)16(11-4-6-12(20)7-5-11)17(19(22)24)21-13-8-9-14(25-2)15(10-13)26-3/h4-10,21H,1-3H3. The van der Waals surface area contributed by atoms with Crippen molar-refractivity contribution in [2.45, 2.75) is 0 Å². The zero-order valence-corrected chi connectivity index (χ0v) is 14.5. The van der Waals surface area contributed by atoms with Gasteiger partial charge in [-0.1, -0.05) is 12.1 Å². The molecule has 0 fully saturated rings. The minimum atomic E-state index is -0.468. The monoisotopic (exact) mass is 356 g/mol. The Morgan fingerprint density at radius 3 is 2.19 bits per heavy atom. The van der Waals surface area contributed by atoms with Gasteiger partial charge < -0.3 is 14.8 Å². The van der Waals surface area contributed by atoms with Crippen LogP contribution >= 0.6 is 0 Å². The van der Waals surface area contributed by atoms with Gasteiger partial charge >= 0.3 is 0 Å². The summed E-state index contributed by atoms with van der Waals surface area (Å²) in [6.07, 6.45) is 0. The number of nitrogens with one attached hydrogen (secondary N) is 1. The van der Waals surface area contributed by atoms with E-state index in [0.29, 0.717) is 22.7 Å². The zero-order chi connectivity index (χ0) is 18.8. The Morgan fingerprint density at radius 1 is 0.923 bits per heavy atom. The van der Waals surface area contributed by atoms with Crippen molar-refractivity contribution in [3.05, 3.63) is 59.5 Å². The predicted octanol–water partition coefficient (Wildman–Crippen LogP) is 2.66. The van der Waals surface area contributed by atoms with E-state index in [4.69, 9.17) is 9.47 Å². The van der Waals surface area contributed by atoms with Crippen LogP contribution in [-0.2, 0) is 9.59 Å². The Bertz CT molecular complexity index is 906. The van der Waals surface area contributed by atoms with Crippen LogP contribution in [0.3, 0.4) is 0 Å². The van der Waals surface area contributed by atoms with Gasteiger partial charge in [-0.15, -0.1) is 0 Å². The Balaban J connectivity index is 2.05. The van der Waals surface area contributed by atoms with Crippen LogP contribution < -0.4 is 14.8 Å². The molecule has 1 N–H and O–H groups in total. The molecule has 7 heteroatoms. The van der Waals surface area contributed by atoms with E-state index in [2.05, 4.69) is 5.32 Å². The van der Waals surface area contributed by atoms with Crippen LogP contribution in [0.1, 0.15) is 5.56 Å². The van der Waals surface area contributed by atoms with E-state index in [1.807, 2.05) is 0 Å². The van der Waals surface area contributed by atoms with Crippen molar-refractivity contribution in [2.75, 3.05) is 26.6 Å². The molecule has 1 heterocycles. The van der Waals surface area contributed by atoms with Crippen molar-refractivity contribution >= 4 is 23.1 Å². The molecule has 0 bridgehead atoms. The van der Waals surface area contributed by atoms with Crippen LogP contribution in [0.2, 0.25) is 0 Å². The van der Waals surface area contributed by atoms with Crippen molar-refractivity contribution in [1.82, 2.24) is 4.90 Å². The number of ether oxygens (including phenoxy) is 2. The lowest BCUT2D eigenvalue weighted by molar-refractivity contribution is -0.135. The van der Waals surface area contributed by atoms with Crippen molar-refractivity contribution in [2.24, 2.45) is 0 Å². The summed E-state index contributed by atoms with van der Waals surface area (Å²) in [6, 6.07) is 10.5. The first-order valence-electron chi connectivity index (χ1n) is 7.78. The van der Waals surface area contributed by atoms with Gasteiger partial charge in [0.2, 0.25) is 0 Å². The fourth-order valence-corrected chi connectivity index (χ4v) is 2.70. The van der Waals surface area contributed by atoms with Gasteiger partial charge in [-0.3, -0.25) is 14.5 Å². The van der Waals surface area contributed by atoms with Gasteiger partial charge in [0.15, 0.2) is 11.5 Å². The molecular weight excluding hydrogens is 339 g/mol. The number of nitrogens with zero attached hydrogens (tertiary/aromatic N) is 1. The molecule has 2 amide bonds. The molecule has 1 aliphatic rings. The molecule has 0 saturated carbocycles. The highest BCUT2D eigenvalue weighted by Gasteiger charge is 2.36. The van der Waals surface area contributed by atoms with Crippen molar-refractivity contribution in [3.8, 4) is 11.5 Å². The summed E-state index contributed by atoms with van der Waals surface area (Å²) in [5, 5.41) is 2.98. The second-order valence-corrected chi connectivity index (χ2v) is 5.62. The molecule has 0 saturated heterocycles. The largest absolute Gasteiger partial charge is 0.493 e. The molecule has 0 spiro atoms. The fourth-order valence-electron chi connectivity index (χ4n) is 2.70. The molecule has 0 radical (unpaired) electrons. The van der Waals surface area contributed by atoms with Crippen LogP contribution in [0.5, 0.6) is 11.5 Å². The van der Waals surface area contributed by atoms with Gasteiger partial charge in [-0.05, 0) is 29.8 Å². The molecule has 6 nitrogen and oxygen atoms in total. The number of amides is 2. The number of halogens is 1. The molecule has 2 aromatic carbocycles. The molecule has 0 aliphatic carbocycles. The lowest BCUT2D eigenvalue weighted by Gasteiger charge is -2.12. The third-order valence-corrected chi connectivity index (χ3v) is 4.07. The maximum Gasteiger partial charge on any atom is 0.277 e. The van der Waals surface area contributed by atoms with Crippen LogP contribution in [-0.4, -0.2) is 38.0 Å². The average Bonchev–Trinajstić information content (AvgIpc) is 2.86. The third-order valence-electron chi connectivity index (χ3n) is 4.07. The number of anilines is 1. The highest BCUT2D eigenvalue weighted by atomic mass is 19.1. The number of carbonyl (C=O) groups is 2. The summed E-state index contributed by atoms with van der Waals surface area (Å²) in [5.41, 5.74) is 1.31. The number of carbonyl (C=O) groups excluding carboxylic acids is 2. The van der Waals surface area contributed by atoms with Crippen LogP contribution in [0, 0.1) is 5.82 Å². The average molecular weight is 356 g/mol. The zero-order valence-electron chi connectivity index (χ0n) is 14.5. The maximum absolute atomic E-state index is 13.2. The van der Waals surface area contributed by atoms with Crippen molar-refractivity contribution in [1.29, 1.82) is 0 Å². The summed E-state index contributed by atoms with van der Waals surface area (Å²) < 4.78 is 23.6. The fraction of sp³-hybridized carbons (Fsp3) is 0.158. The first-order valence-corrected chi connectivity index (χ1v) is 7.78. The highest BCUT2D eigenvalue weighted by Crippen LogP contribution is 2.33. The van der Waals surface area contributed by atoms with Gasteiger partial charge in [-0.2, -0.15) is 0 Å². The lowest BCUT2D eigenvalue weighted by Crippen LogP contribution is -2.27. The number of hydrogen-bond acceptors (Lipinski definition) is 5. The summed E-state index contributed by atoms with van der Waals surface area (Å²) >= 11 is 0. The minimum Gasteiger partial charge on any atom is -0.493 e. The van der Waals surface area contributed by atoms with Gasteiger partial charge in [0, 0.05) is 18.8 Å². The molecule has 0 atom stereocenters. The van der Waals surface area contributed by atoms with Crippen LogP contribution in [0.4, 0.5) is 10.1 Å². The number of likely N-dealkylation sites (N-methyl/N-ethyl adjacent to an activating group) is 1. The molecule has 3 rings (SSSR count). The van der Waals surface area contributed by atoms with E-state index in [1.54, 1.807) is 18.2 Å². The number of imide groups is 1. The molecule has 0 aromatic heterocycles. The number of methoxy groups -OCH3 is 2. The van der Waals surface area contributed by atoms with E-state index in [-0.39, 0.29) is 11.3 Å². The highest BCUT2D eigenvalue weighted by molar-refractivity contribution is 6.36. The summed E-state index contributed by atoms with van der Waals surface area (Å²) in [6.45, 7) is 0. The van der Waals surface area contributed by atoms with Crippen LogP contribution in [0.15, 0.2) is 48.2 Å². The Kier molecular flexibility index (Phi) is 4.62. The van der Waals surface area contributed by atoms with Crippen LogP contribution in [0.25, 0.3) is 5.57 Å². The minimum absolute atomic E-state index is 0.122. The molecule has 26 heavy (non-hydrogen) atoms. The molecule has 0 unspecified atom stereocenters. The molecule has 134 valence electrons. The topological polar surface area (TPSA) is 67.9 Å². The first-order chi connectivity index (χ1) is 12.5. The summed E-state index contributed by atoms with van der Waals surface area (Å²) in [4.78, 5) is 26.0. The SMILES string of the molecule is COc1ccc(NC2=C(c3ccc(F)cc3)C(=O)N(C)C2=O)cc1OC. The van der Waals surface area contributed by atoms with E-state index in [0.717, 1.165) is 4.90 Å². The van der Waals surface area contributed by atoms with E-state index in [1.165, 1.54) is 45.5 Å².